The quantitative estimate of drug-likeness (QED) is 0.733. The van der Waals surface area contributed by atoms with Crippen molar-refractivity contribution in [3.8, 4) is 0 Å². The minimum absolute atomic E-state index is 0.126. The number of nitrogens with one attached hydrogen (secondary N) is 2. The van der Waals surface area contributed by atoms with E-state index in [1.165, 1.54) is 0 Å². The SMILES string of the molecule is CC1=C[C@@H](c2ccc(Cl)cc2)n2nc(NC(=O)c3ccccc3)nc2N1. The van der Waals surface area contributed by atoms with Gasteiger partial charge in [-0.2, -0.15) is 4.98 Å². The summed E-state index contributed by atoms with van der Waals surface area (Å²) in [5, 5.41) is 11.1. The van der Waals surface area contributed by atoms with E-state index >= 15 is 0 Å². The number of amides is 1. The first kappa shape index (κ1) is 16.4. The highest BCUT2D eigenvalue weighted by atomic mass is 35.5. The van der Waals surface area contributed by atoms with Crippen LogP contribution in [0.5, 0.6) is 0 Å². The van der Waals surface area contributed by atoms with E-state index in [9.17, 15) is 4.79 Å². The molecule has 1 atom stereocenters. The third-order valence-corrected chi connectivity index (χ3v) is 4.34. The Morgan fingerprint density at radius 1 is 1.15 bits per heavy atom. The largest absolute Gasteiger partial charge is 0.329 e. The number of hydrogen-bond acceptors (Lipinski definition) is 4. The van der Waals surface area contributed by atoms with Crippen LogP contribution in [-0.4, -0.2) is 20.7 Å². The molecule has 6 nitrogen and oxygen atoms in total. The molecule has 1 aromatic heterocycles. The van der Waals surface area contributed by atoms with Crippen LogP contribution < -0.4 is 10.6 Å². The fraction of sp³-hybridized carbons (Fsp3) is 0.105. The first-order valence-electron chi connectivity index (χ1n) is 8.14. The molecule has 4 rings (SSSR count). The lowest BCUT2D eigenvalue weighted by Crippen LogP contribution is -2.19. The van der Waals surface area contributed by atoms with Gasteiger partial charge in [0.05, 0.1) is 0 Å². The molecule has 0 saturated heterocycles. The van der Waals surface area contributed by atoms with Crippen LogP contribution in [0.2, 0.25) is 5.02 Å². The van der Waals surface area contributed by atoms with Gasteiger partial charge in [-0.05, 0) is 42.8 Å². The Hall–Kier alpha value is -3.12. The lowest BCUT2D eigenvalue weighted by Gasteiger charge is -2.22. The highest BCUT2D eigenvalue weighted by Crippen LogP contribution is 2.30. The van der Waals surface area contributed by atoms with E-state index in [-0.39, 0.29) is 17.9 Å². The molecular formula is C19H16ClN5O. The zero-order valence-corrected chi connectivity index (χ0v) is 14.7. The lowest BCUT2D eigenvalue weighted by molar-refractivity contribution is 0.102. The molecule has 0 unspecified atom stereocenters. The second-order valence-corrected chi connectivity index (χ2v) is 6.43. The minimum atomic E-state index is -0.249. The van der Waals surface area contributed by atoms with Gasteiger partial charge in [0.2, 0.25) is 5.95 Å². The number of hydrogen-bond donors (Lipinski definition) is 2. The van der Waals surface area contributed by atoms with Gasteiger partial charge < -0.3 is 5.32 Å². The molecule has 1 aliphatic rings. The molecule has 0 aliphatic carbocycles. The molecule has 0 fully saturated rings. The minimum Gasteiger partial charge on any atom is -0.329 e. The van der Waals surface area contributed by atoms with Crippen LogP contribution in [-0.2, 0) is 0 Å². The number of rotatable bonds is 3. The van der Waals surface area contributed by atoms with Gasteiger partial charge in [-0.15, -0.1) is 5.10 Å². The molecule has 2 N–H and O–H groups in total. The first-order chi connectivity index (χ1) is 12.6. The van der Waals surface area contributed by atoms with Crippen LogP contribution in [0.1, 0.15) is 28.9 Å². The Bertz CT molecular complexity index is 979. The molecule has 0 spiro atoms. The second kappa shape index (κ2) is 6.65. The molecule has 0 saturated carbocycles. The van der Waals surface area contributed by atoms with Crippen molar-refractivity contribution in [2.45, 2.75) is 13.0 Å². The van der Waals surface area contributed by atoms with Gasteiger partial charge in [0.25, 0.3) is 11.9 Å². The van der Waals surface area contributed by atoms with Crippen molar-refractivity contribution in [3.63, 3.8) is 0 Å². The molecule has 26 heavy (non-hydrogen) atoms. The van der Waals surface area contributed by atoms with E-state index in [1.54, 1.807) is 16.8 Å². The molecule has 2 aromatic carbocycles. The molecule has 7 heteroatoms. The fourth-order valence-corrected chi connectivity index (χ4v) is 2.97. The highest BCUT2D eigenvalue weighted by Gasteiger charge is 2.24. The van der Waals surface area contributed by atoms with Crippen LogP contribution in [0.25, 0.3) is 0 Å². The predicted molar refractivity (Wildman–Crippen MR) is 101 cm³/mol. The molecule has 3 aromatic rings. The Morgan fingerprint density at radius 3 is 2.62 bits per heavy atom. The van der Waals surface area contributed by atoms with E-state index in [1.807, 2.05) is 55.5 Å². The number of carbonyl (C=O) groups excluding carboxylic acids is 1. The van der Waals surface area contributed by atoms with Crippen LogP contribution in [0.4, 0.5) is 11.9 Å². The van der Waals surface area contributed by atoms with E-state index in [0.29, 0.717) is 16.5 Å². The average Bonchev–Trinajstić information content (AvgIpc) is 3.04. The van der Waals surface area contributed by atoms with Gasteiger partial charge in [0, 0.05) is 16.3 Å². The van der Waals surface area contributed by atoms with Gasteiger partial charge >= 0.3 is 0 Å². The third kappa shape index (κ3) is 3.19. The first-order valence-corrected chi connectivity index (χ1v) is 8.52. The molecule has 1 amide bonds. The Kier molecular flexibility index (Phi) is 4.18. The topological polar surface area (TPSA) is 71.8 Å². The number of fused-ring (bicyclic) bond motifs is 1. The van der Waals surface area contributed by atoms with Crippen molar-refractivity contribution in [3.05, 3.63) is 82.5 Å². The van der Waals surface area contributed by atoms with Gasteiger partial charge in [-0.3, -0.25) is 10.1 Å². The molecule has 0 radical (unpaired) electrons. The molecule has 1 aliphatic heterocycles. The van der Waals surface area contributed by atoms with Crippen LogP contribution >= 0.6 is 11.6 Å². The maximum absolute atomic E-state index is 12.3. The average molecular weight is 366 g/mol. The summed E-state index contributed by atoms with van der Waals surface area (Å²) in [5.74, 6) is 0.581. The normalized spacial score (nSPS) is 15.6. The van der Waals surface area contributed by atoms with Crippen molar-refractivity contribution >= 4 is 29.4 Å². The smallest absolute Gasteiger partial charge is 0.258 e. The molecule has 2 heterocycles. The van der Waals surface area contributed by atoms with Crippen molar-refractivity contribution in [1.82, 2.24) is 14.8 Å². The molecule has 0 bridgehead atoms. The fourth-order valence-electron chi connectivity index (χ4n) is 2.84. The number of carbonyl (C=O) groups is 1. The third-order valence-electron chi connectivity index (χ3n) is 4.08. The van der Waals surface area contributed by atoms with E-state index < -0.39 is 0 Å². The van der Waals surface area contributed by atoms with E-state index in [4.69, 9.17) is 11.6 Å². The maximum Gasteiger partial charge on any atom is 0.258 e. The van der Waals surface area contributed by atoms with Crippen molar-refractivity contribution in [2.24, 2.45) is 0 Å². The van der Waals surface area contributed by atoms with Gasteiger partial charge in [0.1, 0.15) is 6.04 Å². The van der Waals surface area contributed by atoms with Crippen molar-refractivity contribution in [1.29, 1.82) is 0 Å². The summed E-state index contributed by atoms with van der Waals surface area (Å²) in [6, 6.07) is 16.4. The Labute approximate surface area is 155 Å². The van der Waals surface area contributed by atoms with Crippen LogP contribution in [0, 0.1) is 0 Å². The van der Waals surface area contributed by atoms with Crippen molar-refractivity contribution in [2.75, 3.05) is 10.6 Å². The summed E-state index contributed by atoms with van der Waals surface area (Å²) in [6.45, 7) is 1.96. The zero-order chi connectivity index (χ0) is 18.1. The standard InChI is InChI=1S/C19H16ClN5O/c1-12-11-16(13-7-9-15(20)10-8-13)25-19(21-12)23-18(24-25)22-17(26)14-5-3-2-4-6-14/h2-11,16H,1H3,(H2,21,22,23,24,26)/t16-/m0/s1. The number of benzene rings is 2. The summed E-state index contributed by atoms with van der Waals surface area (Å²) < 4.78 is 1.75. The zero-order valence-electron chi connectivity index (χ0n) is 14.0. The summed E-state index contributed by atoms with van der Waals surface area (Å²) in [5.41, 5.74) is 2.55. The summed E-state index contributed by atoms with van der Waals surface area (Å²) >= 11 is 5.99. The number of aromatic nitrogens is 3. The number of halogens is 1. The molecular weight excluding hydrogens is 350 g/mol. The lowest BCUT2D eigenvalue weighted by atomic mass is 10.1. The molecule has 130 valence electrons. The predicted octanol–water partition coefficient (Wildman–Crippen LogP) is 4.10. The van der Waals surface area contributed by atoms with Gasteiger partial charge in [0.15, 0.2) is 0 Å². The van der Waals surface area contributed by atoms with E-state index in [2.05, 4.69) is 20.7 Å². The Balaban J connectivity index is 1.63. The van der Waals surface area contributed by atoms with E-state index in [0.717, 1.165) is 11.3 Å². The number of anilines is 2. The summed E-state index contributed by atoms with van der Waals surface area (Å²) in [6.07, 6.45) is 2.05. The monoisotopic (exact) mass is 365 g/mol. The number of nitrogens with zero attached hydrogens (tertiary/aromatic N) is 3. The van der Waals surface area contributed by atoms with Gasteiger partial charge in [-0.1, -0.05) is 41.9 Å². The Morgan fingerprint density at radius 2 is 1.88 bits per heavy atom. The summed E-state index contributed by atoms with van der Waals surface area (Å²) in [4.78, 5) is 16.7. The number of allylic oxidation sites excluding steroid dienone is 2. The van der Waals surface area contributed by atoms with Gasteiger partial charge in [-0.25, -0.2) is 4.68 Å². The van der Waals surface area contributed by atoms with Crippen LogP contribution in [0.15, 0.2) is 66.4 Å². The summed E-state index contributed by atoms with van der Waals surface area (Å²) in [7, 11) is 0. The maximum atomic E-state index is 12.3. The second-order valence-electron chi connectivity index (χ2n) is 5.99. The van der Waals surface area contributed by atoms with Crippen LogP contribution in [0.3, 0.4) is 0 Å². The van der Waals surface area contributed by atoms with Crippen molar-refractivity contribution < 1.29 is 4.79 Å². The highest BCUT2D eigenvalue weighted by molar-refractivity contribution is 6.30.